The summed E-state index contributed by atoms with van der Waals surface area (Å²) in [5.74, 6) is 0. The monoisotopic (exact) mass is 436 g/mol. The molecule has 0 N–H and O–H groups in total. The molecule has 2 aromatic rings. The molecule has 0 saturated carbocycles. The van der Waals surface area contributed by atoms with Crippen molar-refractivity contribution in [3.8, 4) is 0 Å². The molecule has 6 heteroatoms. The molecular weight excluding hydrogens is 412 g/mol. The average molecular weight is 437 g/mol. The maximum atomic E-state index is 5.95. The van der Waals surface area contributed by atoms with Crippen molar-refractivity contribution in [3.63, 3.8) is 0 Å². The minimum absolute atomic E-state index is 0.671. The molecule has 0 bridgehead atoms. The van der Waals surface area contributed by atoms with Gasteiger partial charge in [-0.3, -0.25) is 0 Å². The third kappa shape index (κ3) is 6.68. The van der Waals surface area contributed by atoms with Crippen LogP contribution in [0.5, 0.6) is 0 Å². The summed E-state index contributed by atoms with van der Waals surface area (Å²) in [6.07, 6.45) is 2.34. The Kier molecular flexibility index (Phi) is 7.91. The van der Waals surface area contributed by atoms with Crippen LogP contribution in [0.1, 0.15) is 18.4 Å². The number of rotatable bonds is 5. The second-order valence-electron chi connectivity index (χ2n) is 7.01. The second-order valence-corrected chi connectivity index (χ2v) is 10.5. The van der Waals surface area contributed by atoms with Gasteiger partial charge in [-0.05, 0) is 68.9 Å². The van der Waals surface area contributed by atoms with Crippen LogP contribution in [0.3, 0.4) is 0 Å². The standard InChI is InChI=1S/C21H25ClN2S3/c1-23(2)15-16-3-7-18(8-4-16)26-20-11-13-24(14-12-20)21(25)27-19-9-5-17(22)6-10-19/h3-10,20H,11-15H2,1-2H3. The van der Waals surface area contributed by atoms with Gasteiger partial charge in [-0.15, -0.1) is 11.8 Å². The summed E-state index contributed by atoms with van der Waals surface area (Å²) in [6.45, 7) is 3.07. The van der Waals surface area contributed by atoms with Crippen molar-refractivity contribution in [2.75, 3.05) is 27.2 Å². The summed E-state index contributed by atoms with van der Waals surface area (Å²) in [6, 6.07) is 16.9. The van der Waals surface area contributed by atoms with Crippen LogP contribution in [-0.2, 0) is 6.54 Å². The van der Waals surface area contributed by atoms with Gasteiger partial charge in [-0.2, -0.15) is 0 Å². The fourth-order valence-electron chi connectivity index (χ4n) is 3.06. The van der Waals surface area contributed by atoms with E-state index in [0.717, 1.165) is 33.9 Å². The zero-order chi connectivity index (χ0) is 19.2. The highest BCUT2D eigenvalue weighted by Gasteiger charge is 2.22. The maximum absolute atomic E-state index is 5.95. The minimum Gasteiger partial charge on any atom is -0.357 e. The van der Waals surface area contributed by atoms with Crippen LogP contribution in [-0.4, -0.2) is 46.6 Å². The van der Waals surface area contributed by atoms with Crippen LogP contribution in [0.15, 0.2) is 58.3 Å². The summed E-state index contributed by atoms with van der Waals surface area (Å²) in [5.41, 5.74) is 1.36. The van der Waals surface area contributed by atoms with E-state index in [9.17, 15) is 0 Å². The summed E-state index contributed by atoms with van der Waals surface area (Å²) < 4.78 is 0.966. The molecule has 0 amide bonds. The van der Waals surface area contributed by atoms with Gasteiger partial charge < -0.3 is 9.80 Å². The van der Waals surface area contributed by atoms with E-state index in [1.165, 1.54) is 23.3 Å². The van der Waals surface area contributed by atoms with Crippen molar-refractivity contribution in [1.82, 2.24) is 9.80 Å². The third-order valence-electron chi connectivity index (χ3n) is 4.44. The van der Waals surface area contributed by atoms with Gasteiger partial charge in [0, 0.05) is 39.7 Å². The van der Waals surface area contributed by atoms with Crippen molar-refractivity contribution in [1.29, 1.82) is 0 Å². The first-order valence-electron chi connectivity index (χ1n) is 9.12. The van der Waals surface area contributed by atoms with E-state index in [1.54, 1.807) is 11.8 Å². The first-order chi connectivity index (χ1) is 13.0. The molecule has 1 saturated heterocycles. The lowest BCUT2D eigenvalue weighted by Gasteiger charge is -2.33. The average Bonchev–Trinajstić information content (AvgIpc) is 2.65. The topological polar surface area (TPSA) is 6.48 Å². The highest BCUT2D eigenvalue weighted by molar-refractivity contribution is 8.22. The molecule has 0 atom stereocenters. The Morgan fingerprint density at radius 3 is 2.22 bits per heavy atom. The summed E-state index contributed by atoms with van der Waals surface area (Å²) in [5, 5.41) is 1.43. The predicted octanol–water partition coefficient (Wildman–Crippen LogP) is 6.04. The van der Waals surface area contributed by atoms with E-state index in [1.807, 2.05) is 36.0 Å². The van der Waals surface area contributed by atoms with Gasteiger partial charge >= 0.3 is 0 Å². The lowest BCUT2D eigenvalue weighted by molar-refractivity contribution is 0.359. The van der Waals surface area contributed by atoms with E-state index < -0.39 is 0 Å². The quantitative estimate of drug-likeness (QED) is 0.415. The lowest BCUT2D eigenvalue weighted by Crippen LogP contribution is -2.37. The van der Waals surface area contributed by atoms with Gasteiger partial charge in [-0.25, -0.2) is 0 Å². The summed E-state index contributed by atoms with van der Waals surface area (Å²) in [4.78, 5) is 7.06. The Balaban J connectivity index is 1.45. The Bertz CT molecular complexity index is 739. The number of hydrogen-bond donors (Lipinski definition) is 0. The molecule has 1 aliphatic rings. The van der Waals surface area contributed by atoms with E-state index >= 15 is 0 Å². The molecule has 2 nitrogen and oxygen atoms in total. The third-order valence-corrected chi connectivity index (χ3v) is 7.49. The smallest absolute Gasteiger partial charge is 0.141 e. The molecule has 0 aromatic heterocycles. The molecule has 3 rings (SSSR count). The van der Waals surface area contributed by atoms with Gasteiger partial charge in [-0.1, -0.05) is 47.7 Å². The molecule has 0 aliphatic carbocycles. The van der Waals surface area contributed by atoms with Crippen LogP contribution in [0, 0.1) is 0 Å². The SMILES string of the molecule is CN(C)Cc1ccc(SC2CCN(C(=S)Sc3ccc(Cl)cc3)CC2)cc1. The Morgan fingerprint density at radius 1 is 1.04 bits per heavy atom. The molecule has 144 valence electrons. The first-order valence-corrected chi connectivity index (χ1v) is 11.6. The zero-order valence-corrected chi connectivity index (χ0v) is 18.9. The second kappa shape index (κ2) is 10.2. The van der Waals surface area contributed by atoms with E-state index in [4.69, 9.17) is 23.8 Å². The van der Waals surface area contributed by atoms with Crippen LogP contribution in [0.2, 0.25) is 5.02 Å². The predicted molar refractivity (Wildman–Crippen MR) is 124 cm³/mol. The fourth-order valence-corrected chi connectivity index (χ4v) is 5.56. The maximum Gasteiger partial charge on any atom is 0.141 e. The molecular formula is C21H25ClN2S3. The van der Waals surface area contributed by atoms with Crippen molar-refractivity contribution < 1.29 is 0 Å². The van der Waals surface area contributed by atoms with E-state index in [0.29, 0.717) is 5.25 Å². The fraction of sp³-hybridized carbons (Fsp3) is 0.381. The molecule has 1 fully saturated rings. The first kappa shape index (κ1) is 21.0. The number of thioether (sulfide) groups is 2. The molecule has 1 heterocycles. The number of likely N-dealkylation sites (tertiary alicyclic amines) is 1. The summed E-state index contributed by atoms with van der Waals surface area (Å²) >= 11 is 15.3. The lowest BCUT2D eigenvalue weighted by atomic mass is 10.1. The molecule has 0 radical (unpaired) electrons. The van der Waals surface area contributed by atoms with Gasteiger partial charge in [0.25, 0.3) is 0 Å². The molecule has 0 spiro atoms. The largest absolute Gasteiger partial charge is 0.357 e. The Hall–Kier alpha value is -0.720. The van der Waals surface area contributed by atoms with Gasteiger partial charge in [0.15, 0.2) is 0 Å². The number of benzene rings is 2. The highest BCUT2D eigenvalue weighted by Crippen LogP contribution is 2.32. The number of nitrogens with zero attached hydrogens (tertiary/aromatic N) is 2. The van der Waals surface area contributed by atoms with E-state index in [-0.39, 0.29) is 0 Å². The van der Waals surface area contributed by atoms with Gasteiger partial charge in [0.05, 0.1) is 0 Å². The van der Waals surface area contributed by atoms with Crippen molar-refractivity contribution in [2.24, 2.45) is 0 Å². The number of piperidine rings is 1. The zero-order valence-electron chi connectivity index (χ0n) is 15.7. The van der Waals surface area contributed by atoms with E-state index in [2.05, 4.69) is 48.2 Å². The number of thiocarbonyl (C=S) groups is 1. The molecule has 0 unspecified atom stereocenters. The molecule has 1 aliphatic heterocycles. The molecule has 2 aromatic carbocycles. The van der Waals surface area contributed by atoms with Crippen LogP contribution < -0.4 is 0 Å². The Labute approximate surface area is 181 Å². The van der Waals surface area contributed by atoms with Crippen LogP contribution >= 0.6 is 47.3 Å². The minimum atomic E-state index is 0.671. The van der Waals surface area contributed by atoms with Crippen molar-refractivity contribution >= 4 is 51.7 Å². The number of hydrogen-bond acceptors (Lipinski definition) is 4. The van der Waals surface area contributed by atoms with Crippen LogP contribution in [0.4, 0.5) is 0 Å². The molecule has 27 heavy (non-hydrogen) atoms. The van der Waals surface area contributed by atoms with Crippen molar-refractivity contribution in [3.05, 3.63) is 59.1 Å². The van der Waals surface area contributed by atoms with Crippen molar-refractivity contribution in [2.45, 2.75) is 34.4 Å². The van der Waals surface area contributed by atoms with Gasteiger partial charge in [0.1, 0.15) is 4.32 Å². The highest BCUT2D eigenvalue weighted by atomic mass is 35.5. The normalized spacial score (nSPS) is 15.3. The summed E-state index contributed by atoms with van der Waals surface area (Å²) in [7, 11) is 4.21. The Morgan fingerprint density at radius 2 is 1.63 bits per heavy atom. The van der Waals surface area contributed by atoms with Gasteiger partial charge in [0.2, 0.25) is 0 Å². The van der Waals surface area contributed by atoms with Crippen LogP contribution in [0.25, 0.3) is 0 Å². The number of halogens is 1.